The number of carbonyl (C=O) groups is 3. The quantitative estimate of drug-likeness (QED) is 0.317. The molecule has 10 nitrogen and oxygen atoms in total. The summed E-state index contributed by atoms with van der Waals surface area (Å²) in [5, 5.41) is 9.60. The van der Waals surface area contributed by atoms with Crippen LogP contribution in [0.5, 0.6) is 0 Å². The maximum absolute atomic E-state index is 12.3. The molecule has 3 rings (SSSR count). The third-order valence-corrected chi connectivity index (χ3v) is 5.92. The first-order valence-corrected chi connectivity index (χ1v) is 8.86. The van der Waals surface area contributed by atoms with Gasteiger partial charge >= 0.3 is 12.1 Å². The lowest BCUT2D eigenvalue weighted by Gasteiger charge is -2.19. The number of nitrogens with one attached hydrogen (secondary N) is 2. The zero-order valence-corrected chi connectivity index (χ0v) is 13.7. The first-order valence-electron chi connectivity index (χ1n) is 7.81. The van der Waals surface area contributed by atoms with Crippen LogP contribution in [0.3, 0.4) is 0 Å². The Kier molecular flexibility index (Phi) is 5.00. The lowest BCUT2D eigenvalue weighted by atomic mass is 10.0. The molecule has 3 fully saturated rings. The fraction of sp³-hybridized carbons (Fsp3) is 0.769. The van der Waals surface area contributed by atoms with Crippen molar-refractivity contribution in [2.75, 3.05) is 18.9 Å². The molecule has 11 heteroatoms. The first-order chi connectivity index (χ1) is 11.6. The number of fused-ring (bicyclic) bond motifs is 1. The van der Waals surface area contributed by atoms with Gasteiger partial charge in [-0.05, 0) is 18.4 Å². The van der Waals surface area contributed by atoms with Crippen molar-refractivity contribution in [1.29, 1.82) is 0 Å². The van der Waals surface area contributed by atoms with Crippen LogP contribution in [0.1, 0.15) is 19.3 Å². The van der Waals surface area contributed by atoms with Gasteiger partial charge in [-0.1, -0.05) is 11.5 Å². The summed E-state index contributed by atoms with van der Waals surface area (Å²) in [4.78, 5) is 38.8. The minimum absolute atomic E-state index is 0.102. The van der Waals surface area contributed by atoms with Crippen molar-refractivity contribution in [2.45, 2.75) is 42.6 Å². The van der Waals surface area contributed by atoms with E-state index < -0.39 is 18.0 Å². The topological polar surface area (TPSA) is 136 Å². The molecule has 4 atom stereocenters. The van der Waals surface area contributed by atoms with Gasteiger partial charge in [0.15, 0.2) is 0 Å². The van der Waals surface area contributed by atoms with Gasteiger partial charge in [0.1, 0.15) is 12.6 Å². The number of urea groups is 1. The first kappa shape index (κ1) is 16.7. The summed E-state index contributed by atoms with van der Waals surface area (Å²) in [5.41, 5.74) is 8.67. The van der Waals surface area contributed by atoms with E-state index in [2.05, 4.69) is 20.7 Å². The standard InChI is InChI=1S/C13H18N6O4S/c14-18-17-7(11(20)19-4-5-23-13(19)22)2-1-3-9-10-8(6-24-9)15-12(21)16-10/h7-10H,1-6H2,(H2,15,16,21)/t7?,8?,9-,10-/m0/s1. The van der Waals surface area contributed by atoms with Gasteiger partial charge in [-0.25, -0.2) is 14.5 Å². The Balaban J connectivity index is 1.51. The third-order valence-electron chi connectivity index (χ3n) is 4.41. The summed E-state index contributed by atoms with van der Waals surface area (Å²) in [6.45, 7) is 0.358. The number of hydrogen-bond acceptors (Lipinski definition) is 6. The summed E-state index contributed by atoms with van der Waals surface area (Å²) < 4.78 is 4.74. The van der Waals surface area contributed by atoms with Crippen molar-refractivity contribution in [1.82, 2.24) is 15.5 Å². The molecule has 130 valence electrons. The van der Waals surface area contributed by atoms with Crippen LogP contribution in [0.25, 0.3) is 10.4 Å². The maximum Gasteiger partial charge on any atom is 0.416 e. The van der Waals surface area contributed by atoms with Crippen molar-refractivity contribution in [3.05, 3.63) is 10.4 Å². The lowest BCUT2D eigenvalue weighted by molar-refractivity contribution is -0.129. The molecule has 24 heavy (non-hydrogen) atoms. The number of hydrogen-bond donors (Lipinski definition) is 2. The van der Waals surface area contributed by atoms with Crippen LogP contribution < -0.4 is 10.6 Å². The number of nitrogens with zero attached hydrogens (tertiary/aromatic N) is 4. The summed E-state index contributed by atoms with van der Waals surface area (Å²) >= 11 is 1.79. The van der Waals surface area contributed by atoms with Crippen molar-refractivity contribution in [3.8, 4) is 0 Å². The molecule has 0 aromatic heterocycles. The van der Waals surface area contributed by atoms with E-state index in [1.807, 2.05) is 0 Å². The van der Waals surface area contributed by atoms with E-state index in [0.29, 0.717) is 12.8 Å². The predicted octanol–water partition coefficient (Wildman–Crippen LogP) is 0.980. The Hall–Kier alpha value is -2.13. The molecule has 0 radical (unpaired) electrons. The van der Waals surface area contributed by atoms with Gasteiger partial charge in [0.25, 0.3) is 0 Å². The summed E-state index contributed by atoms with van der Waals surface area (Å²) in [6.07, 6.45) is 1.13. The Morgan fingerprint density at radius 3 is 3.04 bits per heavy atom. The molecule has 0 spiro atoms. The molecule has 3 saturated heterocycles. The van der Waals surface area contributed by atoms with Gasteiger partial charge in [0.2, 0.25) is 5.91 Å². The van der Waals surface area contributed by atoms with E-state index in [9.17, 15) is 14.4 Å². The second kappa shape index (κ2) is 7.18. The molecule has 0 saturated carbocycles. The molecule has 0 bridgehead atoms. The molecule has 4 amide bonds. The van der Waals surface area contributed by atoms with E-state index in [1.54, 1.807) is 11.8 Å². The van der Waals surface area contributed by atoms with Crippen molar-refractivity contribution < 1.29 is 19.1 Å². The molecule has 2 unspecified atom stereocenters. The Morgan fingerprint density at radius 2 is 2.33 bits per heavy atom. The van der Waals surface area contributed by atoms with Gasteiger partial charge < -0.3 is 15.4 Å². The number of azide groups is 1. The highest BCUT2D eigenvalue weighted by Crippen LogP contribution is 2.33. The number of ether oxygens (including phenoxy) is 1. The molecule has 3 aliphatic heterocycles. The van der Waals surface area contributed by atoms with Crippen LogP contribution in [0.15, 0.2) is 5.11 Å². The van der Waals surface area contributed by atoms with E-state index >= 15 is 0 Å². The lowest BCUT2D eigenvalue weighted by Crippen LogP contribution is -2.39. The highest BCUT2D eigenvalue weighted by molar-refractivity contribution is 8.00. The third kappa shape index (κ3) is 3.36. The number of carbonyl (C=O) groups excluding carboxylic acids is 3. The molecule has 0 aromatic carbocycles. The summed E-state index contributed by atoms with van der Waals surface area (Å²) in [6, 6.07) is -0.782. The van der Waals surface area contributed by atoms with E-state index in [0.717, 1.165) is 17.1 Å². The maximum atomic E-state index is 12.3. The minimum atomic E-state index is -0.904. The average molecular weight is 354 g/mol. The Morgan fingerprint density at radius 1 is 1.50 bits per heavy atom. The number of rotatable bonds is 6. The van der Waals surface area contributed by atoms with Gasteiger partial charge in [-0.15, -0.1) is 0 Å². The van der Waals surface area contributed by atoms with Gasteiger partial charge in [-0.2, -0.15) is 11.8 Å². The summed E-state index contributed by atoms with van der Waals surface area (Å²) in [7, 11) is 0. The van der Waals surface area contributed by atoms with Crippen molar-refractivity contribution in [3.63, 3.8) is 0 Å². The van der Waals surface area contributed by atoms with Crippen LogP contribution in [0.4, 0.5) is 9.59 Å². The fourth-order valence-corrected chi connectivity index (χ4v) is 4.77. The summed E-state index contributed by atoms with van der Waals surface area (Å²) in [5.74, 6) is 0.356. The highest BCUT2D eigenvalue weighted by Gasteiger charge is 2.42. The molecular formula is C13H18N6O4S. The number of thioether (sulfide) groups is 1. The van der Waals surface area contributed by atoms with Crippen LogP contribution in [0, 0.1) is 0 Å². The Bertz CT molecular complexity index is 595. The zero-order chi connectivity index (χ0) is 17.1. The molecular weight excluding hydrogens is 336 g/mol. The van der Waals surface area contributed by atoms with Gasteiger partial charge in [0, 0.05) is 15.9 Å². The molecule has 3 heterocycles. The van der Waals surface area contributed by atoms with E-state index in [4.69, 9.17) is 10.3 Å². The number of cyclic esters (lactones) is 1. The highest BCUT2D eigenvalue weighted by atomic mass is 32.2. The molecule has 0 aliphatic carbocycles. The number of imide groups is 1. The largest absolute Gasteiger partial charge is 0.447 e. The van der Waals surface area contributed by atoms with Crippen molar-refractivity contribution >= 4 is 29.8 Å². The minimum Gasteiger partial charge on any atom is -0.447 e. The van der Waals surface area contributed by atoms with Crippen LogP contribution in [-0.2, 0) is 9.53 Å². The van der Waals surface area contributed by atoms with Crippen LogP contribution in [0.2, 0.25) is 0 Å². The SMILES string of the molecule is [N-]=[N+]=NC(CCC[C@@H]1SCC2NC(=O)N[C@@H]21)C(=O)N1CCOC1=O. The Labute approximate surface area is 142 Å². The number of amides is 4. The average Bonchev–Trinajstić information content (AvgIpc) is 3.22. The van der Waals surface area contributed by atoms with E-state index in [-0.39, 0.29) is 36.5 Å². The predicted molar refractivity (Wildman–Crippen MR) is 85.3 cm³/mol. The molecule has 2 N–H and O–H groups in total. The second-order valence-electron chi connectivity index (χ2n) is 5.88. The smallest absolute Gasteiger partial charge is 0.416 e. The normalized spacial score (nSPS) is 29.3. The van der Waals surface area contributed by atoms with Crippen molar-refractivity contribution in [2.24, 2.45) is 5.11 Å². The zero-order valence-electron chi connectivity index (χ0n) is 12.9. The monoisotopic (exact) mass is 354 g/mol. The second-order valence-corrected chi connectivity index (χ2v) is 7.15. The van der Waals surface area contributed by atoms with Gasteiger partial charge in [-0.3, -0.25) is 4.79 Å². The van der Waals surface area contributed by atoms with Crippen LogP contribution in [-0.4, -0.2) is 65.2 Å². The van der Waals surface area contributed by atoms with Gasteiger partial charge in [0.05, 0.1) is 18.6 Å². The fourth-order valence-electron chi connectivity index (χ4n) is 3.22. The molecule has 0 aromatic rings. The van der Waals surface area contributed by atoms with Crippen LogP contribution >= 0.6 is 11.8 Å². The molecule has 3 aliphatic rings. The van der Waals surface area contributed by atoms with E-state index in [1.165, 1.54) is 0 Å².